The van der Waals surface area contributed by atoms with Gasteiger partial charge in [0.15, 0.2) is 0 Å². The quantitative estimate of drug-likeness (QED) is 0.771. The van der Waals surface area contributed by atoms with Crippen LogP contribution in [-0.4, -0.2) is 22.2 Å². The first-order chi connectivity index (χ1) is 7.00. The van der Waals surface area contributed by atoms with E-state index in [1.807, 2.05) is 13.8 Å². The summed E-state index contributed by atoms with van der Waals surface area (Å²) >= 11 is 0. The van der Waals surface area contributed by atoms with Crippen LogP contribution in [-0.2, 0) is 7.05 Å². The van der Waals surface area contributed by atoms with E-state index in [2.05, 4.69) is 10.4 Å². The Morgan fingerprint density at radius 1 is 1.53 bits per heavy atom. The molecule has 0 radical (unpaired) electrons. The fraction of sp³-hybridized carbons (Fsp3) is 0.500. The molecular formula is C10H15N3O2. The van der Waals surface area contributed by atoms with Crippen molar-refractivity contribution in [1.82, 2.24) is 15.1 Å². The monoisotopic (exact) mass is 209 g/mol. The Balaban J connectivity index is 2.74. The topological polar surface area (TPSA) is 64.0 Å². The maximum atomic E-state index is 11.5. The first kappa shape index (κ1) is 11.4. The van der Waals surface area contributed by atoms with Crippen LogP contribution in [0.1, 0.15) is 24.3 Å². The van der Waals surface area contributed by atoms with E-state index >= 15 is 0 Å². The van der Waals surface area contributed by atoms with Gasteiger partial charge in [0, 0.05) is 19.7 Å². The van der Waals surface area contributed by atoms with Crippen molar-refractivity contribution < 1.29 is 4.79 Å². The van der Waals surface area contributed by atoms with E-state index in [0.29, 0.717) is 12.5 Å². The molecule has 0 aromatic carbocycles. The second-order valence-corrected chi connectivity index (χ2v) is 3.78. The van der Waals surface area contributed by atoms with Crippen LogP contribution < -0.4 is 10.9 Å². The van der Waals surface area contributed by atoms with Crippen LogP contribution in [0, 0.1) is 5.92 Å². The van der Waals surface area contributed by atoms with E-state index in [0.717, 1.165) is 4.68 Å². The Kier molecular flexibility index (Phi) is 3.60. The van der Waals surface area contributed by atoms with E-state index in [4.69, 9.17) is 0 Å². The zero-order valence-corrected chi connectivity index (χ0v) is 9.15. The molecule has 0 saturated heterocycles. The average molecular weight is 209 g/mol. The average Bonchev–Trinajstić information content (AvgIpc) is 2.18. The summed E-state index contributed by atoms with van der Waals surface area (Å²) in [6, 6.07) is 2.76. The van der Waals surface area contributed by atoms with Crippen molar-refractivity contribution in [3.05, 3.63) is 28.2 Å². The number of nitrogens with one attached hydrogen (secondary N) is 1. The van der Waals surface area contributed by atoms with Crippen LogP contribution in [0.2, 0.25) is 0 Å². The Hall–Kier alpha value is -1.65. The molecule has 82 valence electrons. The molecule has 15 heavy (non-hydrogen) atoms. The van der Waals surface area contributed by atoms with Crippen molar-refractivity contribution in [3.63, 3.8) is 0 Å². The third kappa shape index (κ3) is 3.19. The molecule has 5 nitrogen and oxygen atoms in total. The largest absolute Gasteiger partial charge is 0.350 e. The number of rotatable bonds is 3. The minimum atomic E-state index is -0.251. The molecule has 1 aromatic rings. The predicted molar refractivity (Wildman–Crippen MR) is 56.6 cm³/mol. The molecule has 1 aromatic heterocycles. The van der Waals surface area contributed by atoms with Gasteiger partial charge in [0.2, 0.25) is 0 Å². The molecule has 0 unspecified atom stereocenters. The number of amides is 1. The fourth-order valence-corrected chi connectivity index (χ4v) is 1.01. The number of hydrogen-bond acceptors (Lipinski definition) is 3. The third-order valence-electron chi connectivity index (χ3n) is 1.86. The second kappa shape index (κ2) is 4.72. The van der Waals surface area contributed by atoms with Gasteiger partial charge in [0.05, 0.1) is 0 Å². The van der Waals surface area contributed by atoms with Gasteiger partial charge in [-0.15, -0.1) is 0 Å². The standard InChI is InChI=1S/C10H15N3O2/c1-7(2)6-11-10(15)8-4-5-9(14)13(3)12-8/h4-5,7H,6H2,1-3H3,(H,11,15). The van der Waals surface area contributed by atoms with Gasteiger partial charge in [0.25, 0.3) is 11.5 Å². The molecule has 0 fully saturated rings. The lowest BCUT2D eigenvalue weighted by molar-refractivity contribution is 0.0941. The van der Waals surface area contributed by atoms with Crippen molar-refractivity contribution in [2.45, 2.75) is 13.8 Å². The summed E-state index contributed by atoms with van der Waals surface area (Å²) in [6.45, 7) is 4.62. The van der Waals surface area contributed by atoms with Gasteiger partial charge in [0.1, 0.15) is 5.69 Å². The second-order valence-electron chi connectivity index (χ2n) is 3.78. The summed E-state index contributed by atoms with van der Waals surface area (Å²) in [5.74, 6) is 0.140. The lowest BCUT2D eigenvalue weighted by Crippen LogP contribution is -2.30. The molecule has 0 aliphatic carbocycles. The number of hydrogen-bond donors (Lipinski definition) is 1. The first-order valence-electron chi connectivity index (χ1n) is 4.83. The highest BCUT2D eigenvalue weighted by Gasteiger charge is 2.08. The maximum absolute atomic E-state index is 11.5. The first-order valence-corrected chi connectivity index (χ1v) is 4.83. The molecule has 1 N–H and O–H groups in total. The molecule has 0 saturated carbocycles. The lowest BCUT2D eigenvalue weighted by atomic mass is 10.2. The molecular weight excluding hydrogens is 194 g/mol. The van der Waals surface area contributed by atoms with Crippen LogP contribution in [0.5, 0.6) is 0 Å². The van der Waals surface area contributed by atoms with Crippen molar-refractivity contribution in [2.24, 2.45) is 13.0 Å². The van der Waals surface area contributed by atoms with Gasteiger partial charge in [-0.3, -0.25) is 9.59 Å². The van der Waals surface area contributed by atoms with Crippen molar-refractivity contribution in [1.29, 1.82) is 0 Å². The van der Waals surface area contributed by atoms with Gasteiger partial charge in [-0.1, -0.05) is 13.8 Å². The SMILES string of the molecule is CC(C)CNC(=O)c1ccc(=O)n(C)n1. The smallest absolute Gasteiger partial charge is 0.271 e. The van der Waals surface area contributed by atoms with Gasteiger partial charge < -0.3 is 5.32 Å². The van der Waals surface area contributed by atoms with Crippen LogP contribution >= 0.6 is 0 Å². The lowest BCUT2D eigenvalue weighted by Gasteiger charge is -2.07. The molecule has 0 atom stereocenters. The summed E-state index contributed by atoms with van der Waals surface area (Å²) in [5, 5.41) is 6.57. The maximum Gasteiger partial charge on any atom is 0.271 e. The van der Waals surface area contributed by atoms with E-state index < -0.39 is 0 Å². The summed E-state index contributed by atoms with van der Waals surface area (Å²) in [4.78, 5) is 22.6. The molecule has 1 amide bonds. The third-order valence-corrected chi connectivity index (χ3v) is 1.86. The highest BCUT2D eigenvalue weighted by Crippen LogP contribution is 1.92. The molecule has 5 heteroatoms. The van der Waals surface area contributed by atoms with Crippen LogP contribution in [0.3, 0.4) is 0 Å². The predicted octanol–water partition coefficient (Wildman–Crippen LogP) is 0.166. The molecule has 1 heterocycles. The van der Waals surface area contributed by atoms with Gasteiger partial charge in [-0.2, -0.15) is 5.10 Å². The highest BCUT2D eigenvalue weighted by molar-refractivity contribution is 5.91. The van der Waals surface area contributed by atoms with Crippen LogP contribution in [0.4, 0.5) is 0 Å². The van der Waals surface area contributed by atoms with Gasteiger partial charge >= 0.3 is 0 Å². The Labute approximate surface area is 88.1 Å². The number of aryl methyl sites for hydroxylation is 1. The molecule has 0 spiro atoms. The Morgan fingerprint density at radius 2 is 2.20 bits per heavy atom. The fourth-order valence-electron chi connectivity index (χ4n) is 1.01. The number of aromatic nitrogens is 2. The van der Waals surface area contributed by atoms with Gasteiger partial charge in [-0.25, -0.2) is 4.68 Å². The zero-order chi connectivity index (χ0) is 11.4. The van der Waals surface area contributed by atoms with Gasteiger partial charge in [-0.05, 0) is 12.0 Å². The molecule has 0 aliphatic rings. The Bertz CT molecular complexity index is 409. The molecule has 0 bridgehead atoms. The minimum Gasteiger partial charge on any atom is -0.350 e. The van der Waals surface area contributed by atoms with E-state index in [-0.39, 0.29) is 17.2 Å². The molecule has 0 aliphatic heterocycles. The van der Waals surface area contributed by atoms with Crippen molar-refractivity contribution >= 4 is 5.91 Å². The van der Waals surface area contributed by atoms with E-state index in [1.54, 1.807) is 0 Å². The highest BCUT2D eigenvalue weighted by atomic mass is 16.2. The van der Waals surface area contributed by atoms with Crippen LogP contribution in [0.25, 0.3) is 0 Å². The van der Waals surface area contributed by atoms with Crippen molar-refractivity contribution in [3.8, 4) is 0 Å². The van der Waals surface area contributed by atoms with E-state index in [9.17, 15) is 9.59 Å². The summed E-state index contributed by atoms with van der Waals surface area (Å²) in [5.41, 5.74) is 0.0353. The van der Waals surface area contributed by atoms with E-state index in [1.165, 1.54) is 19.2 Å². The van der Waals surface area contributed by atoms with Crippen LogP contribution in [0.15, 0.2) is 16.9 Å². The number of carbonyl (C=O) groups excluding carboxylic acids is 1. The summed E-state index contributed by atoms with van der Waals surface area (Å²) in [7, 11) is 1.52. The Morgan fingerprint density at radius 3 is 2.73 bits per heavy atom. The van der Waals surface area contributed by atoms with Crippen molar-refractivity contribution in [2.75, 3.05) is 6.54 Å². The summed E-state index contributed by atoms with van der Waals surface area (Å²) in [6.07, 6.45) is 0. The number of carbonyl (C=O) groups is 1. The summed E-state index contributed by atoms with van der Waals surface area (Å²) < 4.78 is 1.14. The number of nitrogens with zero attached hydrogens (tertiary/aromatic N) is 2. The minimum absolute atomic E-state index is 0.226. The molecule has 1 rings (SSSR count). The normalized spacial score (nSPS) is 10.4. The zero-order valence-electron chi connectivity index (χ0n) is 9.15.